The molecule has 1 aliphatic heterocycles. The molecule has 156 valence electrons. The maximum absolute atomic E-state index is 13.3. The topological polar surface area (TPSA) is 69.7 Å². The van der Waals surface area contributed by atoms with Crippen LogP contribution in [-0.2, 0) is 30.9 Å². The summed E-state index contributed by atoms with van der Waals surface area (Å²) in [5.74, 6) is 0.356. The molecule has 1 aliphatic rings. The molecule has 2 aromatic heterocycles. The van der Waals surface area contributed by atoms with Gasteiger partial charge in [0.25, 0.3) is 0 Å². The van der Waals surface area contributed by atoms with Crippen molar-refractivity contribution in [1.82, 2.24) is 10.1 Å². The molecular formula is C25H24N3O3+. The van der Waals surface area contributed by atoms with Gasteiger partial charge in [0.15, 0.2) is 0 Å². The van der Waals surface area contributed by atoms with Gasteiger partial charge < -0.3 is 14.2 Å². The minimum absolute atomic E-state index is 0.0855. The minimum atomic E-state index is -0.337. The largest absolute Gasteiger partial charge is 0.455 e. The summed E-state index contributed by atoms with van der Waals surface area (Å²) < 4.78 is 10.7. The van der Waals surface area contributed by atoms with E-state index in [1.54, 1.807) is 6.07 Å². The summed E-state index contributed by atoms with van der Waals surface area (Å²) in [4.78, 5) is 19.5. The molecule has 31 heavy (non-hydrogen) atoms. The van der Waals surface area contributed by atoms with Crippen LogP contribution in [0.3, 0.4) is 0 Å². The van der Waals surface area contributed by atoms with Crippen molar-refractivity contribution < 1.29 is 19.0 Å². The highest BCUT2D eigenvalue weighted by atomic mass is 16.5. The first-order valence-electron chi connectivity index (χ1n) is 10.5. The van der Waals surface area contributed by atoms with E-state index in [1.165, 1.54) is 10.5 Å². The Kier molecular flexibility index (Phi) is 5.22. The van der Waals surface area contributed by atoms with Crippen molar-refractivity contribution in [2.75, 3.05) is 6.54 Å². The number of carbonyl (C=O) groups is 1. The summed E-state index contributed by atoms with van der Waals surface area (Å²) in [6.07, 6.45) is 0.838. The summed E-state index contributed by atoms with van der Waals surface area (Å²) in [5.41, 5.74) is 5.36. The standard InChI is InChI=1S/C25H23N3O3/c1-17-13-19(27-31-17)16-30-25(29)24-20-9-5-6-10-22(20)26-23-11-12-28(15-21(23)24)14-18-7-3-2-4-8-18/h2-10,13H,11-12,14-16H2,1H3/p+1. The molecule has 6 nitrogen and oxygen atoms in total. The van der Waals surface area contributed by atoms with Gasteiger partial charge in [0.2, 0.25) is 0 Å². The van der Waals surface area contributed by atoms with Crippen molar-refractivity contribution in [2.24, 2.45) is 0 Å². The lowest BCUT2D eigenvalue weighted by atomic mass is 9.95. The minimum Gasteiger partial charge on any atom is -0.455 e. The van der Waals surface area contributed by atoms with Crippen LogP contribution in [0.1, 0.15) is 38.6 Å². The highest BCUT2D eigenvalue weighted by Crippen LogP contribution is 2.26. The normalized spacial score (nSPS) is 15.6. The van der Waals surface area contributed by atoms with Crippen molar-refractivity contribution in [2.45, 2.75) is 33.0 Å². The summed E-state index contributed by atoms with van der Waals surface area (Å²) in [7, 11) is 0. The molecule has 0 radical (unpaired) electrons. The second kappa shape index (κ2) is 8.32. The highest BCUT2D eigenvalue weighted by Gasteiger charge is 2.29. The number of nitrogens with zero attached hydrogens (tertiary/aromatic N) is 2. The number of pyridine rings is 1. The molecule has 1 atom stereocenters. The smallest absolute Gasteiger partial charge is 0.339 e. The van der Waals surface area contributed by atoms with E-state index < -0.39 is 0 Å². The van der Waals surface area contributed by atoms with E-state index in [9.17, 15) is 4.79 Å². The van der Waals surface area contributed by atoms with Crippen molar-refractivity contribution in [3.63, 3.8) is 0 Å². The van der Waals surface area contributed by atoms with Crippen molar-refractivity contribution in [1.29, 1.82) is 0 Å². The van der Waals surface area contributed by atoms with E-state index in [4.69, 9.17) is 14.2 Å². The number of quaternary nitrogens is 1. The number of aryl methyl sites for hydroxylation is 1. The molecule has 4 aromatic rings. The number of rotatable bonds is 5. The molecule has 3 heterocycles. The SMILES string of the molecule is Cc1cc(COC(=O)c2c3c(nc4ccccc24)CC[NH+](Cc2ccccc2)C3)no1. The molecule has 0 spiro atoms. The maximum Gasteiger partial charge on any atom is 0.339 e. The molecule has 6 heteroatoms. The zero-order chi connectivity index (χ0) is 21.2. The first-order chi connectivity index (χ1) is 15.2. The van der Waals surface area contributed by atoms with Crippen LogP contribution in [0.5, 0.6) is 0 Å². The van der Waals surface area contributed by atoms with Crippen LogP contribution in [0.4, 0.5) is 0 Å². The van der Waals surface area contributed by atoms with Gasteiger partial charge in [-0.1, -0.05) is 53.7 Å². The third-order valence-electron chi connectivity index (χ3n) is 5.75. The molecule has 0 aliphatic carbocycles. The lowest BCUT2D eigenvalue weighted by Crippen LogP contribution is -3.10. The van der Waals surface area contributed by atoms with Crippen LogP contribution < -0.4 is 4.90 Å². The van der Waals surface area contributed by atoms with Gasteiger partial charge in [-0.2, -0.15) is 0 Å². The molecule has 0 saturated heterocycles. The first kappa shape index (κ1) is 19.5. The second-order valence-electron chi connectivity index (χ2n) is 8.02. The third kappa shape index (κ3) is 4.07. The van der Waals surface area contributed by atoms with Gasteiger partial charge in [0, 0.05) is 29.0 Å². The number of nitrogens with one attached hydrogen (secondary N) is 1. The molecule has 1 N–H and O–H groups in total. The predicted octanol–water partition coefficient (Wildman–Crippen LogP) is 3.03. The number of aromatic nitrogens is 2. The summed E-state index contributed by atoms with van der Waals surface area (Å²) in [6, 6.07) is 20.0. The van der Waals surface area contributed by atoms with E-state index in [0.29, 0.717) is 17.0 Å². The van der Waals surface area contributed by atoms with Crippen LogP contribution in [0.2, 0.25) is 0 Å². The molecular weight excluding hydrogens is 390 g/mol. The number of fused-ring (bicyclic) bond motifs is 2. The summed E-state index contributed by atoms with van der Waals surface area (Å²) in [5, 5.41) is 4.76. The van der Waals surface area contributed by atoms with Gasteiger partial charge in [-0.15, -0.1) is 0 Å². The Bertz CT molecular complexity index is 1230. The van der Waals surface area contributed by atoms with Crippen LogP contribution in [0, 0.1) is 6.92 Å². The van der Waals surface area contributed by atoms with E-state index in [-0.39, 0.29) is 12.6 Å². The Balaban J connectivity index is 1.47. The molecule has 2 aromatic carbocycles. The molecule has 0 fully saturated rings. The number of carbonyl (C=O) groups excluding carboxylic acids is 1. The number of ether oxygens (including phenoxy) is 1. The van der Waals surface area contributed by atoms with Crippen LogP contribution >= 0.6 is 0 Å². The fraction of sp³-hybridized carbons (Fsp3) is 0.240. The average Bonchev–Trinajstić information content (AvgIpc) is 3.21. The number of hydrogen-bond acceptors (Lipinski definition) is 5. The van der Waals surface area contributed by atoms with Gasteiger partial charge in [0.05, 0.1) is 23.3 Å². The van der Waals surface area contributed by atoms with Gasteiger partial charge in [0.1, 0.15) is 31.2 Å². The Hall–Kier alpha value is -3.51. The second-order valence-corrected chi connectivity index (χ2v) is 8.02. The summed E-state index contributed by atoms with van der Waals surface area (Å²) in [6.45, 7) is 4.55. The van der Waals surface area contributed by atoms with Gasteiger partial charge in [-0.25, -0.2) is 4.79 Å². The fourth-order valence-corrected chi connectivity index (χ4v) is 4.30. The number of para-hydroxylation sites is 1. The summed E-state index contributed by atoms with van der Waals surface area (Å²) >= 11 is 0. The molecule has 5 rings (SSSR count). The molecule has 0 amide bonds. The number of hydrogen-bond donors (Lipinski definition) is 1. The quantitative estimate of drug-likeness (QED) is 0.509. The lowest BCUT2D eigenvalue weighted by molar-refractivity contribution is -0.929. The van der Waals surface area contributed by atoms with Gasteiger partial charge in [-0.3, -0.25) is 4.98 Å². The third-order valence-corrected chi connectivity index (χ3v) is 5.75. The van der Waals surface area contributed by atoms with Gasteiger partial charge >= 0.3 is 5.97 Å². The van der Waals surface area contributed by atoms with E-state index in [0.717, 1.165) is 48.2 Å². The zero-order valence-corrected chi connectivity index (χ0v) is 17.4. The number of esters is 1. The Morgan fingerprint density at radius 3 is 2.74 bits per heavy atom. The predicted molar refractivity (Wildman–Crippen MR) is 115 cm³/mol. The fourth-order valence-electron chi connectivity index (χ4n) is 4.30. The molecule has 0 saturated carbocycles. The number of benzene rings is 2. The van der Waals surface area contributed by atoms with E-state index in [2.05, 4.69) is 29.4 Å². The monoisotopic (exact) mass is 414 g/mol. The Labute approximate surface area is 180 Å². The van der Waals surface area contributed by atoms with E-state index in [1.807, 2.05) is 37.3 Å². The van der Waals surface area contributed by atoms with Crippen LogP contribution in [0.25, 0.3) is 10.9 Å². The Morgan fingerprint density at radius 1 is 1.13 bits per heavy atom. The highest BCUT2D eigenvalue weighted by molar-refractivity contribution is 6.05. The molecule has 1 unspecified atom stereocenters. The average molecular weight is 414 g/mol. The van der Waals surface area contributed by atoms with Crippen molar-refractivity contribution in [3.8, 4) is 0 Å². The van der Waals surface area contributed by atoms with Crippen molar-refractivity contribution in [3.05, 3.63) is 94.5 Å². The van der Waals surface area contributed by atoms with Gasteiger partial charge in [-0.05, 0) is 13.0 Å². The van der Waals surface area contributed by atoms with Crippen LogP contribution in [0.15, 0.2) is 65.2 Å². The van der Waals surface area contributed by atoms with Crippen molar-refractivity contribution >= 4 is 16.9 Å². The first-order valence-corrected chi connectivity index (χ1v) is 10.5. The van der Waals surface area contributed by atoms with E-state index >= 15 is 0 Å². The van der Waals surface area contributed by atoms with Crippen LogP contribution in [-0.4, -0.2) is 22.7 Å². The Morgan fingerprint density at radius 2 is 1.94 bits per heavy atom. The zero-order valence-electron chi connectivity index (χ0n) is 17.4. The molecule has 0 bridgehead atoms. The maximum atomic E-state index is 13.3. The lowest BCUT2D eigenvalue weighted by Gasteiger charge is -2.27.